The Morgan fingerprint density at radius 3 is 2.60 bits per heavy atom. The van der Waals surface area contributed by atoms with Crippen molar-refractivity contribution in [3.05, 3.63) is 11.8 Å². The van der Waals surface area contributed by atoms with E-state index in [1.54, 1.807) is 0 Å². The second-order valence-corrected chi connectivity index (χ2v) is 5.21. The van der Waals surface area contributed by atoms with E-state index < -0.39 is 12.0 Å². The van der Waals surface area contributed by atoms with Crippen molar-refractivity contribution in [2.24, 2.45) is 0 Å². The molecule has 0 aromatic carbocycles. The molecule has 0 aliphatic carbocycles. The number of nitrogens with zero attached hydrogens (tertiary/aromatic N) is 1. The molecule has 0 bridgehead atoms. The topological polar surface area (TPSA) is 49.3 Å². The van der Waals surface area contributed by atoms with Crippen molar-refractivity contribution in [1.82, 2.24) is 5.32 Å². The third kappa shape index (κ3) is 3.28. The van der Waals surface area contributed by atoms with Crippen molar-refractivity contribution < 1.29 is 14.4 Å². The van der Waals surface area contributed by atoms with Gasteiger partial charge in [0, 0.05) is 19.0 Å². The van der Waals surface area contributed by atoms with Crippen molar-refractivity contribution in [2.75, 3.05) is 21.1 Å². The van der Waals surface area contributed by atoms with Crippen LogP contribution in [-0.2, 0) is 4.79 Å². The summed E-state index contributed by atoms with van der Waals surface area (Å²) in [6, 6.07) is -0.418. The number of hydrogen-bond donors (Lipinski definition) is 2. The maximum absolute atomic E-state index is 11.1. The number of thiocarbonyl (C=S) groups is 1. The number of likely N-dealkylation sites (N-methyl/N-ethyl adjacent to an activating group) is 1. The van der Waals surface area contributed by atoms with E-state index in [-0.39, 0.29) is 0 Å². The lowest BCUT2D eigenvalue weighted by Gasteiger charge is -2.31. The summed E-state index contributed by atoms with van der Waals surface area (Å²) in [5, 5.41) is 12.1. The van der Waals surface area contributed by atoms with Gasteiger partial charge in [-0.3, -0.25) is 0 Å². The maximum atomic E-state index is 11.1. The van der Waals surface area contributed by atoms with Crippen molar-refractivity contribution in [3.63, 3.8) is 0 Å². The number of rotatable bonds is 4. The van der Waals surface area contributed by atoms with Crippen LogP contribution in [0.15, 0.2) is 11.8 Å². The molecule has 1 rings (SSSR count). The van der Waals surface area contributed by atoms with Crippen LogP contribution in [0.25, 0.3) is 0 Å². The van der Waals surface area contributed by atoms with Crippen LogP contribution in [0.5, 0.6) is 0 Å². The molecule has 15 heavy (non-hydrogen) atoms. The molecule has 1 heterocycles. The van der Waals surface area contributed by atoms with E-state index in [0.717, 1.165) is 10.6 Å². The predicted octanol–water partition coefficient (Wildman–Crippen LogP) is 0.741. The number of quaternary nitrogens is 1. The van der Waals surface area contributed by atoms with E-state index in [1.807, 2.05) is 27.3 Å². The zero-order chi connectivity index (χ0) is 11.6. The second kappa shape index (κ2) is 4.28. The molecule has 4 nitrogen and oxygen atoms in total. The molecule has 0 saturated carbocycles. The summed E-state index contributed by atoms with van der Waals surface area (Å²) >= 11 is 4.99. The first-order chi connectivity index (χ1) is 6.80. The van der Waals surface area contributed by atoms with Gasteiger partial charge >= 0.3 is 5.97 Å². The summed E-state index contributed by atoms with van der Waals surface area (Å²) in [7, 11) is 5.67. The van der Waals surface area contributed by atoms with Crippen LogP contribution in [0.3, 0.4) is 0 Å². The van der Waals surface area contributed by atoms with Gasteiger partial charge in [-0.2, -0.15) is 0 Å². The molecule has 1 atom stereocenters. The Morgan fingerprint density at radius 1 is 1.67 bits per heavy atom. The second-order valence-electron chi connectivity index (χ2n) is 4.72. The third-order valence-corrected chi connectivity index (χ3v) is 2.76. The Kier molecular flexibility index (Phi) is 3.46. The molecule has 84 valence electrons. The number of carboxylic acid groups (broad SMARTS) is 1. The SMILES string of the molecule is C[N+](C)(C)[C@H](CC1=CNC(=S)C1)C(=O)O. The van der Waals surface area contributed by atoms with Crippen LogP contribution < -0.4 is 5.32 Å². The molecular formula is C10H17N2O2S+. The van der Waals surface area contributed by atoms with Gasteiger partial charge in [-0.1, -0.05) is 12.2 Å². The summed E-state index contributed by atoms with van der Waals surface area (Å²) in [5.41, 5.74) is 1.07. The quantitative estimate of drug-likeness (QED) is 0.551. The van der Waals surface area contributed by atoms with Crippen LogP contribution in [0, 0.1) is 0 Å². The van der Waals surface area contributed by atoms with Gasteiger partial charge in [-0.25, -0.2) is 4.79 Å². The van der Waals surface area contributed by atoms with Gasteiger partial charge < -0.3 is 14.9 Å². The first-order valence-corrected chi connectivity index (χ1v) is 5.22. The van der Waals surface area contributed by atoms with Crippen LogP contribution in [0.2, 0.25) is 0 Å². The molecule has 0 fully saturated rings. The first-order valence-electron chi connectivity index (χ1n) is 4.82. The molecule has 0 aromatic rings. The minimum atomic E-state index is -0.763. The van der Waals surface area contributed by atoms with E-state index >= 15 is 0 Å². The minimum absolute atomic E-state index is 0.416. The Balaban J connectivity index is 2.68. The molecule has 0 aromatic heterocycles. The highest BCUT2D eigenvalue weighted by Crippen LogP contribution is 2.19. The lowest BCUT2D eigenvalue weighted by atomic mass is 10.0. The summed E-state index contributed by atoms with van der Waals surface area (Å²) in [4.78, 5) is 11.9. The highest BCUT2D eigenvalue weighted by molar-refractivity contribution is 7.80. The smallest absolute Gasteiger partial charge is 0.362 e. The lowest BCUT2D eigenvalue weighted by molar-refractivity contribution is -0.887. The predicted molar refractivity (Wildman–Crippen MR) is 62.5 cm³/mol. The summed E-state index contributed by atoms with van der Waals surface area (Å²) in [6.07, 6.45) is 3.07. The molecule has 1 aliphatic rings. The molecule has 2 N–H and O–H groups in total. The third-order valence-electron chi connectivity index (χ3n) is 2.50. The van der Waals surface area contributed by atoms with Crippen molar-refractivity contribution in [3.8, 4) is 0 Å². The minimum Gasteiger partial charge on any atom is -0.477 e. The normalized spacial score (nSPS) is 18.3. The monoisotopic (exact) mass is 229 g/mol. The van der Waals surface area contributed by atoms with E-state index in [1.165, 1.54) is 0 Å². The Hall–Kier alpha value is -0.940. The van der Waals surface area contributed by atoms with Gasteiger partial charge in [0.1, 0.15) is 0 Å². The maximum Gasteiger partial charge on any atom is 0.362 e. The largest absolute Gasteiger partial charge is 0.477 e. The van der Waals surface area contributed by atoms with Crippen LogP contribution in [0.4, 0.5) is 0 Å². The summed E-state index contributed by atoms with van der Waals surface area (Å²) in [6.45, 7) is 0. The number of hydrogen-bond acceptors (Lipinski definition) is 2. The molecule has 0 amide bonds. The first kappa shape index (κ1) is 12.1. The Labute approximate surface area is 95.2 Å². The Morgan fingerprint density at radius 2 is 2.27 bits per heavy atom. The van der Waals surface area contributed by atoms with Gasteiger partial charge in [-0.15, -0.1) is 0 Å². The highest BCUT2D eigenvalue weighted by atomic mass is 32.1. The van der Waals surface area contributed by atoms with Gasteiger partial charge in [0.2, 0.25) is 0 Å². The van der Waals surface area contributed by atoms with Gasteiger partial charge in [0.05, 0.1) is 26.1 Å². The number of carboxylic acids is 1. The molecule has 0 radical (unpaired) electrons. The van der Waals surface area contributed by atoms with Gasteiger partial charge in [0.25, 0.3) is 0 Å². The fourth-order valence-corrected chi connectivity index (χ4v) is 1.81. The van der Waals surface area contributed by atoms with E-state index in [4.69, 9.17) is 17.3 Å². The van der Waals surface area contributed by atoms with Gasteiger partial charge in [0.15, 0.2) is 6.04 Å². The lowest BCUT2D eigenvalue weighted by Crippen LogP contribution is -2.49. The zero-order valence-electron chi connectivity index (χ0n) is 9.28. The average molecular weight is 229 g/mol. The summed E-state index contributed by atoms with van der Waals surface area (Å²) < 4.78 is 0.416. The molecule has 0 unspecified atom stereocenters. The highest BCUT2D eigenvalue weighted by Gasteiger charge is 2.32. The molecule has 1 aliphatic heterocycles. The molecule has 0 saturated heterocycles. The fourth-order valence-electron chi connectivity index (χ4n) is 1.56. The number of carbonyl (C=O) groups is 1. The van der Waals surface area contributed by atoms with E-state index in [2.05, 4.69) is 5.32 Å². The molecule has 0 spiro atoms. The van der Waals surface area contributed by atoms with Crippen LogP contribution in [0.1, 0.15) is 12.8 Å². The van der Waals surface area contributed by atoms with Crippen molar-refractivity contribution in [2.45, 2.75) is 18.9 Å². The van der Waals surface area contributed by atoms with Crippen molar-refractivity contribution in [1.29, 1.82) is 0 Å². The van der Waals surface area contributed by atoms with Crippen LogP contribution in [-0.4, -0.2) is 47.7 Å². The molecule has 5 heteroatoms. The number of nitrogens with one attached hydrogen (secondary N) is 1. The molecular weight excluding hydrogens is 212 g/mol. The van der Waals surface area contributed by atoms with Crippen molar-refractivity contribution >= 4 is 23.2 Å². The zero-order valence-corrected chi connectivity index (χ0v) is 10.1. The number of aliphatic carboxylic acids is 1. The van der Waals surface area contributed by atoms with E-state index in [9.17, 15) is 4.79 Å². The fraction of sp³-hybridized carbons (Fsp3) is 0.600. The summed E-state index contributed by atoms with van der Waals surface area (Å²) in [5.74, 6) is -0.763. The Bertz CT molecular complexity index is 318. The van der Waals surface area contributed by atoms with Crippen LogP contribution >= 0.6 is 12.2 Å². The standard InChI is InChI=1S/C10H16N2O2S/c1-12(2,3)8(10(13)14)4-7-5-9(15)11-6-7/h6,8H,4-5H2,1-3H3,(H-,11,13,14,15)/p+1/t8-/m1/s1. The average Bonchev–Trinajstić information content (AvgIpc) is 2.44. The van der Waals surface area contributed by atoms with Gasteiger partial charge in [-0.05, 0) is 5.57 Å². The van der Waals surface area contributed by atoms with E-state index in [0.29, 0.717) is 17.3 Å².